The fourth-order valence-electron chi connectivity index (χ4n) is 1.89. The molecule has 1 aliphatic heterocycles. The van der Waals surface area contributed by atoms with E-state index < -0.39 is 0 Å². The lowest BCUT2D eigenvalue weighted by molar-refractivity contribution is -0.122. The molecule has 1 amide bonds. The van der Waals surface area contributed by atoms with Crippen molar-refractivity contribution < 1.29 is 4.79 Å². The minimum Gasteiger partial charge on any atom is -0.293 e. The molecule has 1 aromatic rings. The molecule has 1 aliphatic rings. The zero-order chi connectivity index (χ0) is 13.7. The van der Waals surface area contributed by atoms with Crippen molar-refractivity contribution in [2.24, 2.45) is 0 Å². The average molecular weight is 311 g/mol. The summed E-state index contributed by atoms with van der Waals surface area (Å²) in [6.07, 6.45) is 6.57. The first kappa shape index (κ1) is 14.8. The zero-order valence-electron chi connectivity index (χ0n) is 10.9. The predicted octanol–water partition coefficient (Wildman–Crippen LogP) is 4.53. The lowest BCUT2D eigenvalue weighted by atomic mass is 10.2. The molecule has 1 aromatic heterocycles. The maximum Gasteiger partial charge on any atom is 0.266 e. The Hall–Kier alpha value is -0.650. The summed E-state index contributed by atoms with van der Waals surface area (Å²) >= 11 is 8.35. The number of hydrogen-bond acceptors (Lipinski definition) is 4. The summed E-state index contributed by atoms with van der Waals surface area (Å²) in [5.74, 6) is 0.0694. The van der Waals surface area contributed by atoms with Gasteiger partial charge in [0.25, 0.3) is 5.91 Å². The summed E-state index contributed by atoms with van der Waals surface area (Å²) in [5.41, 5.74) is 0. The van der Waals surface area contributed by atoms with E-state index in [0.717, 1.165) is 29.2 Å². The molecule has 0 aliphatic carbocycles. The second-order valence-electron chi connectivity index (χ2n) is 4.41. The Bertz CT molecular complexity index is 479. The van der Waals surface area contributed by atoms with Gasteiger partial charge >= 0.3 is 0 Å². The first-order chi connectivity index (χ1) is 9.22. The molecule has 2 nitrogen and oxygen atoms in total. The highest BCUT2D eigenvalue weighted by molar-refractivity contribution is 8.26. The Kier molecular flexibility index (Phi) is 5.60. The summed E-state index contributed by atoms with van der Waals surface area (Å²) in [6, 6.07) is 4.00. The van der Waals surface area contributed by atoms with Gasteiger partial charge in [-0.2, -0.15) is 0 Å². The van der Waals surface area contributed by atoms with Crippen LogP contribution in [0.1, 0.15) is 37.5 Å². The number of nitrogens with zero attached hydrogens (tertiary/aromatic N) is 1. The molecule has 0 radical (unpaired) electrons. The van der Waals surface area contributed by atoms with Gasteiger partial charge in [-0.1, -0.05) is 56.2 Å². The van der Waals surface area contributed by atoms with E-state index in [2.05, 4.69) is 6.92 Å². The third kappa shape index (κ3) is 3.91. The van der Waals surface area contributed by atoms with Crippen molar-refractivity contribution in [2.75, 3.05) is 6.54 Å². The molecule has 0 N–H and O–H groups in total. The minimum absolute atomic E-state index is 0.0694. The molecule has 0 spiro atoms. The smallest absolute Gasteiger partial charge is 0.266 e. The van der Waals surface area contributed by atoms with Crippen molar-refractivity contribution in [1.82, 2.24) is 4.90 Å². The van der Waals surface area contributed by atoms with Crippen LogP contribution in [0.4, 0.5) is 0 Å². The van der Waals surface area contributed by atoms with E-state index in [-0.39, 0.29) is 5.91 Å². The molecule has 2 heterocycles. The number of thiophene rings is 1. The molecular weight excluding hydrogens is 294 g/mol. The highest BCUT2D eigenvalue weighted by Gasteiger charge is 2.31. The topological polar surface area (TPSA) is 20.3 Å². The number of hydrogen-bond donors (Lipinski definition) is 0. The number of rotatable bonds is 6. The van der Waals surface area contributed by atoms with Crippen molar-refractivity contribution in [3.8, 4) is 0 Å². The van der Waals surface area contributed by atoms with Crippen LogP contribution in [0, 0.1) is 0 Å². The molecule has 0 aromatic carbocycles. The van der Waals surface area contributed by atoms with Gasteiger partial charge in [-0.3, -0.25) is 9.69 Å². The minimum atomic E-state index is 0.0694. The highest BCUT2D eigenvalue weighted by atomic mass is 32.2. The monoisotopic (exact) mass is 311 g/mol. The van der Waals surface area contributed by atoms with E-state index in [1.807, 2.05) is 23.6 Å². The second kappa shape index (κ2) is 7.22. The van der Waals surface area contributed by atoms with Gasteiger partial charge < -0.3 is 0 Å². The highest BCUT2D eigenvalue weighted by Crippen LogP contribution is 2.33. The maximum atomic E-state index is 12.3. The molecule has 19 heavy (non-hydrogen) atoms. The summed E-state index contributed by atoms with van der Waals surface area (Å²) in [7, 11) is 0. The largest absolute Gasteiger partial charge is 0.293 e. The van der Waals surface area contributed by atoms with E-state index in [0.29, 0.717) is 4.32 Å². The number of unbranched alkanes of at least 4 members (excludes halogenated alkanes) is 3. The van der Waals surface area contributed by atoms with Crippen LogP contribution in [0.25, 0.3) is 6.08 Å². The van der Waals surface area contributed by atoms with Gasteiger partial charge in [0.2, 0.25) is 0 Å². The van der Waals surface area contributed by atoms with Gasteiger partial charge in [0, 0.05) is 11.4 Å². The van der Waals surface area contributed by atoms with Crippen LogP contribution in [-0.2, 0) is 4.79 Å². The maximum absolute atomic E-state index is 12.3. The van der Waals surface area contributed by atoms with Gasteiger partial charge in [0.15, 0.2) is 0 Å². The van der Waals surface area contributed by atoms with Gasteiger partial charge in [0.1, 0.15) is 4.32 Å². The Balaban J connectivity index is 1.96. The molecule has 0 saturated carbocycles. The van der Waals surface area contributed by atoms with Gasteiger partial charge in [-0.15, -0.1) is 11.3 Å². The van der Waals surface area contributed by atoms with Gasteiger partial charge in [-0.05, 0) is 23.9 Å². The second-order valence-corrected chi connectivity index (χ2v) is 7.06. The van der Waals surface area contributed by atoms with Crippen LogP contribution in [0.15, 0.2) is 22.4 Å². The Morgan fingerprint density at radius 1 is 1.37 bits per heavy atom. The van der Waals surface area contributed by atoms with Crippen molar-refractivity contribution in [3.63, 3.8) is 0 Å². The third-order valence-corrected chi connectivity index (χ3v) is 5.12. The number of amides is 1. The van der Waals surface area contributed by atoms with E-state index >= 15 is 0 Å². The quantitative estimate of drug-likeness (QED) is 0.437. The molecule has 0 unspecified atom stereocenters. The summed E-state index contributed by atoms with van der Waals surface area (Å²) in [4.78, 5) is 15.9. The molecule has 0 bridgehead atoms. The Morgan fingerprint density at radius 2 is 2.21 bits per heavy atom. The lowest BCUT2D eigenvalue weighted by Gasteiger charge is -2.13. The molecule has 1 saturated heterocycles. The standard InChI is InChI=1S/C14H17NOS3/c1-2-3-4-5-8-15-13(16)12(19-14(15)17)10-11-7-6-9-18-11/h6-7,9-10H,2-5,8H2,1H3/b12-10+. The fourth-order valence-corrected chi connectivity index (χ4v) is 3.92. The number of carbonyl (C=O) groups is 1. The first-order valence-electron chi connectivity index (χ1n) is 6.51. The predicted molar refractivity (Wildman–Crippen MR) is 88.3 cm³/mol. The summed E-state index contributed by atoms with van der Waals surface area (Å²) in [6.45, 7) is 2.94. The van der Waals surface area contributed by atoms with Crippen LogP contribution in [-0.4, -0.2) is 21.7 Å². The Morgan fingerprint density at radius 3 is 2.89 bits per heavy atom. The van der Waals surface area contributed by atoms with Crippen LogP contribution < -0.4 is 0 Å². The van der Waals surface area contributed by atoms with E-state index in [9.17, 15) is 4.79 Å². The average Bonchev–Trinajstić information content (AvgIpc) is 2.98. The third-order valence-electron chi connectivity index (χ3n) is 2.93. The zero-order valence-corrected chi connectivity index (χ0v) is 13.4. The van der Waals surface area contributed by atoms with Crippen molar-refractivity contribution >= 4 is 51.6 Å². The fraction of sp³-hybridized carbons (Fsp3) is 0.429. The van der Waals surface area contributed by atoms with Crippen LogP contribution in [0.5, 0.6) is 0 Å². The van der Waals surface area contributed by atoms with Crippen LogP contribution >= 0.6 is 35.3 Å². The number of carbonyl (C=O) groups excluding carboxylic acids is 1. The van der Waals surface area contributed by atoms with Gasteiger partial charge in [-0.25, -0.2) is 0 Å². The van der Waals surface area contributed by atoms with E-state index in [4.69, 9.17) is 12.2 Å². The molecule has 1 fully saturated rings. The van der Waals surface area contributed by atoms with Crippen LogP contribution in [0.3, 0.4) is 0 Å². The van der Waals surface area contributed by atoms with Crippen molar-refractivity contribution in [2.45, 2.75) is 32.6 Å². The molecular formula is C14H17NOS3. The molecule has 2 rings (SSSR count). The Labute approximate surface area is 127 Å². The normalized spacial score (nSPS) is 17.7. The van der Waals surface area contributed by atoms with Gasteiger partial charge in [0.05, 0.1) is 4.91 Å². The van der Waals surface area contributed by atoms with Crippen LogP contribution in [0.2, 0.25) is 0 Å². The lowest BCUT2D eigenvalue weighted by Crippen LogP contribution is -2.28. The number of thioether (sulfide) groups is 1. The first-order valence-corrected chi connectivity index (χ1v) is 8.61. The van der Waals surface area contributed by atoms with E-state index in [1.165, 1.54) is 24.6 Å². The molecule has 0 atom stereocenters. The summed E-state index contributed by atoms with van der Waals surface area (Å²) < 4.78 is 0.698. The van der Waals surface area contributed by atoms with Crippen molar-refractivity contribution in [3.05, 3.63) is 27.3 Å². The number of thiocarbonyl (C=S) groups is 1. The molecule has 5 heteroatoms. The van der Waals surface area contributed by atoms with E-state index in [1.54, 1.807) is 16.2 Å². The van der Waals surface area contributed by atoms with Crippen molar-refractivity contribution in [1.29, 1.82) is 0 Å². The molecule has 102 valence electrons. The SMILES string of the molecule is CCCCCCN1C(=O)/C(=C\c2cccs2)SC1=S. The summed E-state index contributed by atoms with van der Waals surface area (Å²) in [5, 5.41) is 2.01.